The van der Waals surface area contributed by atoms with Gasteiger partial charge in [-0.25, -0.2) is 0 Å². The molecule has 16 heavy (non-hydrogen) atoms. The highest BCUT2D eigenvalue weighted by molar-refractivity contribution is 6.30. The number of anilines is 1. The van der Waals surface area contributed by atoms with Crippen LogP contribution in [-0.4, -0.2) is 39.2 Å². The van der Waals surface area contributed by atoms with Gasteiger partial charge in [-0.15, -0.1) is 10.2 Å². The van der Waals surface area contributed by atoms with E-state index in [-0.39, 0.29) is 13.2 Å². The quantitative estimate of drug-likeness (QED) is 0.735. The van der Waals surface area contributed by atoms with Crippen molar-refractivity contribution >= 4 is 17.4 Å². The minimum atomic E-state index is -1.18. The monoisotopic (exact) mass is 245 g/mol. The highest BCUT2D eigenvalue weighted by Crippen LogP contribution is 2.20. The summed E-state index contributed by atoms with van der Waals surface area (Å²) in [6, 6.07) is 0. The van der Waals surface area contributed by atoms with Crippen molar-refractivity contribution in [1.29, 1.82) is 0 Å². The fourth-order valence-corrected chi connectivity index (χ4v) is 1.25. The third kappa shape index (κ3) is 3.04. The van der Waals surface area contributed by atoms with E-state index in [1.54, 1.807) is 0 Å². The van der Waals surface area contributed by atoms with E-state index in [0.29, 0.717) is 11.0 Å². The van der Waals surface area contributed by atoms with Gasteiger partial charge in [-0.3, -0.25) is 0 Å². The first-order valence-corrected chi connectivity index (χ1v) is 5.31. The molecule has 90 valence electrons. The van der Waals surface area contributed by atoms with Gasteiger partial charge in [-0.05, 0) is 31.9 Å². The first kappa shape index (κ1) is 13.2. The Bertz CT molecular complexity index is 383. The van der Waals surface area contributed by atoms with Crippen LogP contribution in [0, 0.1) is 13.8 Å². The van der Waals surface area contributed by atoms with E-state index in [4.69, 9.17) is 16.7 Å². The third-order valence-electron chi connectivity index (χ3n) is 2.44. The average molecular weight is 246 g/mol. The maximum atomic E-state index is 9.61. The molecule has 0 radical (unpaired) electrons. The highest BCUT2D eigenvalue weighted by atomic mass is 35.5. The summed E-state index contributed by atoms with van der Waals surface area (Å²) in [6.07, 6.45) is 0. The zero-order valence-electron chi connectivity index (χ0n) is 9.58. The van der Waals surface area contributed by atoms with Crippen LogP contribution in [0.25, 0.3) is 0 Å². The number of rotatable bonds is 4. The van der Waals surface area contributed by atoms with Crippen LogP contribution >= 0.6 is 11.6 Å². The second-order valence-corrected chi connectivity index (χ2v) is 4.46. The molecule has 1 rings (SSSR count). The fourth-order valence-electron chi connectivity index (χ4n) is 1.07. The molecular formula is C10H16ClN3O2. The minimum absolute atomic E-state index is 0.195. The lowest BCUT2D eigenvalue weighted by Gasteiger charge is -2.21. The maximum absolute atomic E-state index is 9.61. The average Bonchev–Trinajstić information content (AvgIpc) is 2.25. The van der Waals surface area contributed by atoms with Crippen LogP contribution in [0.4, 0.5) is 5.82 Å². The minimum Gasteiger partial charge on any atom is -0.393 e. The lowest BCUT2D eigenvalue weighted by molar-refractivity contribution is 0.0131. The molecule has 1 aromatic heterocycles. The van der Waals surface area contributed by atoms with Crippen LogP contribution in [0.3, 0.4) is 0 Å². The number of hydrogen-bond donors (Lipinski definition) is 3. The lowest BCUT2D eigenvalue weighted by Crippen LogP contribution is -2.37. The number of halogens is 1. The van der Waals surface area contributed by atoms with Crippen molar-refractivity contribution in [3.8, 4) is 0 Å². The first-order valence-electron chi connectivity index (χ1n) is 4.94. The topological polar surface area (TPSA) is 78.3 Å². The molecule has 5 nitrogen and oxygen atoms in total. The molecule has 0 bridgehead atoms. The van der Waals surface area contributed by atoms with Crippen molar-refractivity contribution in [2.75, 3.05) is 18.5 Å². The number of nitrogens with one attached hydrogen (secondary N) is 1. The van der Waals surface area contributed by atoms with Gasteiger partial charge in [0.05, 0.1) is 6.61 Å². The predicted octanol–water partition coefficient (Wildman–Crippen LogP) is 0.902. The van der Waals surface area contributed by atoms with Gasteiger partial charge in [0.25, 0.3) is 0 Å². The van der Waals surface area contributed by atoms with Gasteiger partial charge in [0.2, 0.25) is 0 Å². The summed E-state index contributed by atoms with van der Waals surface area (Å²) < 4.78 is 0. The zero-order valence-corrected chi connectivity index (χ0v) is 10.3. The lowest BCUT2D eigenvalue weighted by atomic mass is 10.1. The number of aliphatic hydroxyl groups is 2. The van der Waals surface area contributed by atoms with Crippen molar-refractivity contribution in [2.45, 2.75) is 26.4 Å². The molecule has 0 saturated heterocycles. The largest absolute Gasteiger partial charge is 0.393 e. The molecule has 0 fully saturated rings. The molecule has 1 heterocycles. The molecule has 0 saturated carbocycles. The summed E-state index contributed by atoms with van der Waals surface area (Å²) >= 11 is 5.81. The summed E-state index contributed by atoms with van der Waals surface area (Å²) in [6.45, 7) is 5.12. The summed E-state index contributed by atoms with van der Waals surface area (Å²) in [7, 11) is 0. The number of aromatic nitrogens is 2. The second-order valence-electron chi connectivity index (χ2n) is 4.10. The molecule has 1 unspecified atom stereocenters. The van der Waals surface area contributed by atoms with Crippen LogP contribution in [0.2, 0.25) is 5.15 Å². The van der Waals surface area contributed by atoms with E-state index in [1.807, 2.05) is 13.8 Å². The van der Waals surface area contributed by atoms with Gasteiger partial charge in [-0.1, -0.05) is 11.6 Å². The molecular weight excluding hydrogens is 230 g/mol. The molecule has 0 aliphatic carbocycles. The van der Waals surface area contributed by atoms with Gasteiger partial charge >= 0.3 is 0 Å². The van der Waals surface area contributed by atoms with Crippen LogP contribution in [0.1, 0.15) is 18.1 Å². The second kappa shape index (κ2) is 4.95. The van der Waals surface area contributed by atoms with Crippen LogP contribution in [0.5, 0.6) is 0 Å². The van der Waals surface area contributed by atoms with Gasteiger partial charge in [0, 0.05) is 6.54 Å². The first-order chi connectivity index (χ1) is 7.37. The molecule has 3 N–H and O–H groups in total. The Hall–Kier alpha value is -0.910. The van der Waals surface area contributed by atoms with E-state index >= 15 is 0 Å². The normalized spacial score (nSPS) is 14.6. The maximum Gasteiger partial charge on any atom is 0.155 e. The van der Waals surface area contributed by atoms with Crippen molar-refractivity contribution in [2.24, 2.45) is 0 Å². The van der Waals surface area contributed by atoms with Crippen molar-refractivity contribution in [1.82, 2.24) is 10.2 Å². The predicted molar refractivity (Wildman–Crippen MR) is 62.7 cm³/mol. The van der Waals surface area contributed by atoms with Crippen LogP contribution in [0.15, 0.2) is 0 Å². The van der Waals surface area contributed by atoms with Gasteiger partial charge in [0.15, 0.2) is 11.0 Å². The fraction of sp³-hybridized carbons (Fsp3) is 0.600. The molecule has 0 spiro atoms. The molecule has 0 aromatic carbocycles. The molecule has 0 amide bonds. The Morgan fingerprint density at radius 3 is 2.50 bits per heavy atom. The van der Waals surface area contributed by atoms with E-state index in [2.05, 4.69) is 15.5 Å². The third-order valence-corrected chi connectivity index (χ3v) is 2.80. The van der Waals surface area contributed by atoms with E-state index in [9.17, 15) is 5.11 Å². The number of hydrogen-bond acceptors (Lipinski definition) is 5. The highest BCUT2D eigenvalue weighted by Gasteiger charge is 2.19. The Morgan fingerprint density at radius 1 is 1.31 bits per heavy atom. The standard InChI is InChI=1S/C10H16ClN3O2/c1-6-7(2)9(14-13-8(6)11)12-4-10(3,16)5-15/h15-16H,4-5H2,1-3H3,(H,12,14). The Kier molecular flexibility index (Phi) is 4.07. The summed E-state index contributed by atoms with van der Waals surface area (Å²) in [5.74, 6) is 0.565. The summed E-state index contributed by atoms with van der Waals surface area (Å²) in [4.78, 5) is 0. The molecule has 0 aliphatic rings. The SMILES string of the molecule is Cc1c(Cl)nnc(NCC(C)(O)CO)c1C. The van der Waals surface area contributed by atoms with Gasteiger partial charge in [-0.2, -0.15) is 0 Å². The summed E-state index contributed by atoms with van der Waals surface area (Å²) in [5.41, 5.74) is 0.554. The van der Waals surface area contributed by atoms with Crippen molar-refractivity contribution in [3.05, 3.63) is 16.3 Å². The van der Waals surface area contributed by atoms with E-state index in [1.165, 1.54) is 6.92 Å². The van der Waals surface area contributed by atoms with Crippen LogP contribution in [-0.2, 0) is 0 Å². The Balaban J connectivity index is 2.80. The molecule has 6 heteroatoms. The molecule has 1 atom stereocenters. The smallest absolute Gasteiger partial charge is 0.155 e. The summed E-state index contributed by atoms with van der Waals surface area (Å²) in [5, 5.41) is 29.5. The molecule has 0 aliphatic heterocycles. The van der Waals surface area contributed by atoms with Gasteiger partial charge < -0.3 is 15.5 Å². The van der Waals surface area contributed by atoms with E-state index < -0.39 is 5.60 Å². The van der Waals surface area contributed by atoms with Crippen molar-refractivity contribution in [3.63, 3.8) is 0 Å². The van der Waals surface area contributed by atoms with Gasteiger partial charge in [0.1, 0.15) is 5.60 Å². The zero-order chi connectivity index (χ0) is 12.3. The number of nitrogens with zero attached hydrogens (tertiary/aromatic N) is 2. The number of aliphatic hydroxyl groups excluding tert-OH is 1. The Morgan fingerprint density at radius 2 is 1.94 bits per heavy atom. The molecule has 1 aromatic rings. The van der Waals surface area contributed by atoms with Crippen LogP contribution < -0.4 is 5.32 Å². The van der Waals surface area contributed by atoms with Crippen molar-refractivity contribution < 1.29 is 10.2 Å². The van der Waals surface area contributed by atoms with E-state index in [0.717, 1.165) is 11.1 Å². The Labute approximate surface area is 99.5 Å².